The normalized spacial score (nSPS) is 10.5. The van der Waals surface area contributed by atoms with E-state index >= 15 is 0 Å². The summed E-state index contributed by atoms with van der Waals surface area (Å²) in [5.41, 5.74) is 7.62. The van der Waals surface area contributed by atoms with E-state index in [-0.39, 0.29) is 0 Å². The molecular formula is C14H18N2OS. The van der Waals surface area contributed by atoms with Crippen LogP contribution in [0.4, 0.5) is 5.13 Å². The summed E-state index contributed by atoms with van der Waals surface area (Å²) in [4.78, 5) is 4.25. The van der Waals surface area contributed by atoms with Gasteiger partial charge in [0.05, 0.1) is 12.3 Å². The fourth-order valence-electron chi connectivity index (χ4n) is 1.68. The fourth-order valence-corrected chi connectivity index (χ4v) is 2.26. The van der Waals surface area contributed by atoms with E-state index in [2.05, 4.69) is 11.9 Å². The number of nitrogens with zero attached hydrogens (tertiary/aromatic N) is 1. The molecule has 0 bridgehead atoms. The van der Waals surface area contributed by atoms with Gasteiger partial charge in [0.15, 0.2) is 5.13 Å². The first kappa shape index (κ1) is 12.9. The Hall–Kier alpha value is -1.55. The molecular weight excluding hydrogens is 244 g/mol. The minimum Gasteiger partial charge on any atom is -0.494 e. The molecule has 0 amide bonds. The van der Waals surface area contributed by atoms with E-state index in [9.17, 15) is 0 Å². The zero-order valence-electron chi connectivity index (χ0n) is 10.6. The summed E-state index contributed by atoms with van der Waals surface area (Å²) in [5.74, 6) is 0.915. The molecule has 0 aliphatic heterocycles. The van der Waals surface area contributed by atoms with Crippen molar-refractivity contribution >= 4 is 16.5 Å². The molecule has 1 aromatic heterocycles. The summed E-state index contributed by atoms with van der Waals surface area (Å²) in [6, 6.07) is 8.00. The third kappa shape index (κ3) is 3.47. The van der Waals surface area contributed by atoms with Crippen molar-refractivity contribution in [2.45, 2.75) is 26.2 Å². The number of nitrogen functional groups attached to an aromatic ring is 1. The van der Waals surface area contributed by atoms with Crippen molar-refractivity contribution in [3.63, 3.8) is 0 Å². The van der Waals surface area contributed by atoms with Crippen LogP contribution in [-0.2, 0) is 0 Å². The summed E-state index contributed by atoms with van der Waals surface area (Å²) in [5, 5.41) is 2.57. The number of rotatable bonds is 6. The number of benzene rings is 1. The SMILES string of the molecule is CCCCCOc1ccc(-c2csc(N)n2)cc1. The molecule has 3 nitrogen and oxygen atoms in total. The Balaban J connectivity index is 1.93. The molecule has 0 radical (unpaired) electrons. The molecule has 0 atom stereocenters. The highest BCUT2D eigenvalue weighted by atomic mass is 32.1. The van der Waals surface area contributed by atoms with Crippen molar-refractivity contribution < 1.29 is 4.74 Å². The number of anilines is 1. The predicted molar refractivity (Wildman–Crippen MR) is 77.0 cm³/mol. The van der Waals surface area contributed by atoms with Crippen LogP contribution in [0.25, 0.3) is 11.3 Å². The van der Waals surface area contributed by atoms with Gasteiger partial charge in [0, 0.05) is 10.9 Å². The Kier molecular flexibility index (Phi) is 4.59. The van der Waals surface area contributed by atoms with Gasteiger partial charge in [0.1, 0.15) is 5.75 Å². The molecule has 4 heteroatoms. The highest BCUT2D eigenvalue weighted by Gasteiger charge is 2.02. The number of hydrogen-bond donors (Lipinski definition) is 1. The molecule has 1 heterocycles. The third-order valence-corrected chi connectivity index (χ3v) is 3.36. The van der Waals surface area contributed by atoms with Gasteiger partial charge >= 0.3 is 0 Å². The molecule has 0 fully saturated rings. The molecule has 1 aromatic carbocycles. The van der Waals surface area contributed by atoms with Crippen molar-refractivity contribution in [2.24, 2.45) is 0 Å². The minimum absolute atomic E-state index is 0.602. The lowest BCUT2D eigenvalue weighted by Gasteiger charge is -2.06. The van der Waals surface area contributed by atoms with E-state index in [0.29, 0.717) is 5.13 Å². The standard InChI is InChI=1S/C14H18N2OS/c1-2-3-4-9-17-12-7-5-11(6-8-12)13-10-18-14(15)16-13/h5-8,10H,2-4,9H2,1H3,(H2,15,16). The molecule has 0 aliphatic rings. The summed E-state index contributed by atoms with van der Waals surface area (Å²) in [6.45, 7) is 2.98. The van der Waals surface area contributed by atoms with Crippen LogP contribution in [0.2, 0.25) is 0 Å². The molecule has 96 valence electrons. The number of hydrogen-bond acceptors (Lipinski definition) is 4. The molecule has 0 saturated heterocycles. The third-order valence-electron chi connectivity index (χ3n) is 2.69. The molecule has 2 rings (SSSR count). The molecule has 2 N–H and O–H groups in total. The van der Waals surface area contributed by atoms with Crippen molar-refractivity contribution in [3.8, 4) is 17.0 Å². The maximum atomic E-state index is 5.66. The Morgan fingerprint density at radius 2 is 2.00 bits per heavy atom. The van der Waals surface area contributed by atoms with Gasteiger partial charge in [-0.25, -0.2) is 4.98 Å². The van der Waals surface area contributed by atoms with Crippen LogP contribution < -0.4 is 10.5 Å². The quantitative estimate of drug-likeness (QED) is 0.801. The van der Waals surface area contributed by atoms with Gasteiger partial charge in [-0.3, -0.25) is 0 Å². The summed E-state index contributed by atoms with van der Waals surface area (Å²) >= 11 is 1.46. The van der Waals surface area contributed by atoms with Gasteiger partial charge in [-0.2, -0.15) is 0 Å². The first-order valence-corrected chi connectivity index (χ1v) is 7.12. The second kappa shape index (κ2) is 6.40. The topological polar surface area (TPSA) is 48.1 Å². The van der Waals surface area contributed by atoms with E-state index in [1.165, 1.54) is 24.2 Å². The Morgan fingerprint density at radius 3 is 2.61 bits per heavy atom. The number of thiazole rings is 1. The van der Waals surface area contributed by atoms with Gasteiger partial charge in [-0.05, 0) is 30.7 Å². The zero-order chi connectivity index (χ0) is 12.8. The first-order valence-electron chi connectivity index (χ1n) is 6.24. The van der Waals surface area contributed by atoms with Gasteiger partial charge in [0.25, 0.3) is 0 Å². The van der Waals surface area contributed by atoms with E-state index in [1.54, 1.807) is 0 Å². The van der Waals surface area contributed by atoms with Crippen molar-refractivity contribution in [1.29, 1.82) is 0 Å². The van der Waals surface area contributed by atoms with E-state index in [1.807, 2.05) is 29.6 Å². The lowest BCUT2D eigenvalue weighted by atomic mass is 10.2. The number of unbranched alkanes of at least 4 members (excludes halogenated alkanes) is 2. The Morgan fingerprint density at radius 1 is 1.22 bits per heavy atom. The zero-order valence-corrected chi connectivity index (χ0v) is 11.4. The molecule has 18 heavy (non-hydrogen) atoms. The first-order chi connectivity index (χ1) is 8.79. The van der Waals surface area contributed by atoms with Gasteiger partial charge in [-0.1, -0.05) is 19.8 Å². The fraction of sp³-hybridized carbons (Fsp3) is 0.357. The lowest BCUT2D eigenvalue weighted by molar-refractivity contribution is 0.306. The van der Waals surface area contributed by atoms with Crippen LogP contribution in [0.3, 0.4) is 0 Å². The van der Waals surface area contributed by atoms with Crippen LogP contribution in [0.15, 0.2) is 29.6 Å². The average Bonchev–Trinajstić information content (AvgIpc) is 2.82. The van der Waals surface area contributed by atoms with E-state index in [4.69, 9.17) is 10.5 Å². The average molecular weight is 262 g/mol. The Bertz CT molecular complexity index is 479. The highest BCUT2D eigenvalue weighted by Crippen LogP contribution is 2.25. The van der Waals surface area contributed by atoms with Gasteiger partial charge < -0.3 is 10.5 Å². The minimum atomic E-state index is 0.602. The number of ether oxygens (including phenoxy) is 1. The second-order valence-electron chi connectivity index (χ2n) is 4.15. The summed E-state index contributed by atoms with van der Waals surface area (Å²) in [7, 11) is 0. The van der Waals surface area contributed by atoms with E-state index in [0.717, 1.165) is 30.0 Å². The smallest absolute Gasteiger partial charge is 0.180 e. The molecule has 0 saturated carbocycles. The second-order valence-corrected chi connectivity index (χ2v) is 5.04. The van der Waals surface area contributed by atoms with Crippen LogP contribution in [0.1, 0.15) is 26.2 Å². The molecule has 0 spiro atoms. The van der Waals surface area contributed by atoms with E-state index < -0.39 is 0 Å². The maximum absolute atomic E-state index is 5.66. The van der Waals surface area contributed by atoms with Crippen molar-refractivity contribution in [2.75, 3.05) is 12.3 Å². The molecule has 2 aromatic rings. The largest absolute Gasteiger partial charge is 0.494 e. The van der Waals surface area contributed by atoms with Crippen LogP contribution >= 0.6 is 11.3 Å². The highest BCUT2D eigenvalue weighted by molar-refractivity contribution is 7.13. The molecule has 0 unspecified atom stereocenters. The van der Waals surface area contributed by atoms with Crippen molar-refractivity contribution in [3.05, 3.63) is 29.6 Å². The van der Waals surface area contributed by atoms with Gasteiger partial charge in [0.2, 0.25) is 0 Å². The van der Waals surface area contributed by atoms with Crippen LogP contribution in [0, 0.1) is 0 Å². The lowest BCUT2D eigenvalue weighted by Crippen LogP contribution is -1.96. The summed E-state index contributed by atoms with van der Waals surface area (Å²) < 4.78 is 5.66. The number of aromatic nitrogens is 1. The van der Waals surface area contributed by atoms with Crippen molar-refractivity contribution in [1.82, 2.24) is 4.98 Å². The van der Waals surface area contributed by atoms with Crippen LogP contribution in [-0.4, -0.2) is 11.6 Å². The number of nitrogens with two attached hydrogens (primary N) is 1. The predicted octanol–water partition coefficient (Wildman–Crippen LogP) is 3.96. The maximum Gasteiger partial charge on any atom is 0.180 e. The summed E-state index contributed by atoms with van der Waals surface area (Å²) in [6.07, 6.45) is 3.55. The van der Waals surface area contributed by atoms with Gasteiger partial charge in [-0.15, -0.1) is 11.3 Å². The monoisotopic (exact) mass is 262 g/mol. The Labute approximate surface area is 112 Å². The molecule has 0 aliphatic carbocycles. The van der Waals surface area contributed by atoms with Crippen LogP contribution in [0.5, 0.6) is 5.75 Å².